The molecule has 2 aromatic rings. The van der Waals surface area contributed by atoms with Crippen LogP contribution >= 0.6 is 11.6 Å². The van der Waals surface area contributed by atoms with Crippen molar-refractivity contribution in [3.8, 4) is 5.75 Å². The number of nitrogens with zero attached hydrogens (tertiary/aromatic N) is 2. The molecule has 8 nitrogen and oxygen atoms in total. The number of amides is 1. The number of hydrogen-bond acceptors (Lipinski definition) is 7. The molecule has 3 aliphatic heterocycles. The molecule has 2 aromatic carbocycles. The van der Waals surface area contributed by atoms with Crippen molar-refractivity contribution < 1.29 is 22.7 Å². The first-order valence-corrected chi connectivity index (χ1v) is 18.8. The Morgan fingerprint density at radius 1 is 1.04 bits per heavy atom. The van der Waals surface area contributed by atoms with Crippen LogP contribution in [0.25, 0.3) is 0 Å². The van der Waals surface area contributed by atoms with Gasteiger partial charge in [-0.1, -0.05) is 36.7 Å². The number of halogens is 1. The second kappa shape index (κ2) is 13.9. The fourth-order valence-electron chi connectivity index (χ4n) is 7.52. The van der Waals surface area contributed by atoms with E-state index in [9.17, 15) is 13.2 Å². The molecule has 2 fully saturated rings. The smallest absolute Gasteiger partial charge is 0.264 e. The summed E-state index contributed by atoms with van der Waals surface area (Å²) < 4.78 is 42.2. The van der Waals surface area contributed by atoms with E-state index in [2.05, 4.69) is 26.7 Å². The molecule has 1 N–H and O–H groups in total. The Bertz CT molecular complexity index is 1560. The number of fused-ring (bicyclic) bond motifs is 3. The van der Waals surface area contributed by atoms with Crippen molar-refractivity contribution in [3.05, 3.63) is 70.3 Å². The molecule has 0 spiro atoms. The minimum Gasteiger partial charge on any atom is -0.487 e. The van der Waals surface area contributed by atoms with Gasteiger partial charge in [0.1, 0.15) is 18.0 Å². The molecule has 5 atom stereocenters. The molecule has 4 aliphatic rings. The molecule has 10 heteroatoms. The maximum atomic E-state index is 13.5. The van der Waals surface area contributed by atoms with Gasteiger partial charge in [0.2, 0.25) is 10.0 Å². The first-order valence-electron chi connectivity index (χ1n) is 16.9. The summed E-state index contributed by atoms with van der Waals surface area (Å²) in [6, 6.07) is 11.3. The number of anilines is 1. The van der Waals surface area contributed by atoms with Crippen molar-refractivity contribution in [2.24, 2.45) is 17.8 Å². The molecule has 1 aliphatic carbocycles. The number of rotatable bonds is 3. The van der Waals surface area contributed by atoms with Crippen molar-refractivity contribution in [2.75, 3.05) is 44.7 Å². The van der Waals surface area contributed by atoms with Gasteiger partial charge in [-0.2, -0.15) is 0 Å². The van der Waals surface area contributed by atoms with Gasteiger partial charge in [-0.25, -0.2) is 13.1 Å². The predicted molar refractivity (Wildman–Crippen MR) is 183 cm³/mol. The molecule has 46 heavy (non-hydrogen) atoms. The number of carbonyl (C=O) groups is 1. The molecular weight excluding hydrogens is 622 g/mol. The lowest BCUT2D eigenvalue weighted by atomic mass is 9.63. The van der Waals surface area contributed by atoms with E-state index in [0.29, 0.717) is 36.2 Å². The van der Waals surface area contributed by atoms with Crippen LogP contribution in [0.2, 0.25) is 5.02 Å². The van der Waals surface area contributed by atoms with Crippen molar-refractivity contribution in [2.45, 2.75) is 76.3 Å². The average molecular weight is 670 g/mol. The zero-order chi connectivity index (χ0) is 32.5. The van der Waals surface area contributed by atoms with Crippen LogP contribution in [0.15, 0.2) is 48.6 Å². The summed E-state index contributed by atoms with van der Waals surface area (Å²) in [5.74, 6) is 0.577. The van der Waals surface area contributed by atoms with Gasteiger partial charge in [-0.15, -0.1) is 0 Å². The number of nitrogens with one attached hydrogen (secondary N) is 1. The highest BCUT2D eigenvalue weighted by atomic mass is 35.5. The molecule has 6 rings (SSSR count). The number of likely N-dealkylation sites (tertiary alicyclic amines) is 1. The van der Waals surface area contributed by atoms with Crippen LogP contribution < -0.4 is 14.4 Å². The maximum absolute atomic E-state index is 13.5. The second-order valence-corrected chi connectivity index (χ2v) is 16.3. The summed E-state index contributed by atoms with van der Waals surface area (Å²) in [5, 5.41) is -0.0367. The van der Waals surface area contributed by atoms with Crippen LogP contribution in [0.1, 0.15) is 73.9 Å². The SMILES string of the molecule is CO[C@]1(CN2CCC2)/C=C/C[C@H](C)[C@@H](C)S(=O)(=O)NC(=O)c2ccc3c(c2)N(CCCCc2cc(Cl)ccc2CO3)C[C@@H]2CC[C@H]21. The number of benzene rings is 2. The number of methoxy groups -OCH3 is 1. The number of aryl methyl sites for hydroxylation is 1. The number of hydrogen-bond donors (Lipinski definition) is 1. The summed E-state index contributed by atoms with van der Waals surface area (Å²) in [7, 11) is -2.09. The highest BCUT2D eigenvalue weighted by Gasteiger charge is 2.48. The highest BCUT2D eigenvalue weighted by molar-refractivity contribution is 7.90. The first-order chi connectivity index (χ1) is 22.1. The molecule has 1 saturated heterocycles. The van der Waals surface area contributed by atoms with E-state index >= 15 is 0 Å². The van der Waals surface area contributed by atoms with Gasteiger partial charge in [0.25, 0.3) is 5.91 Å². The van der Waals surface area contributed by atoms with E-state index in [0.717, 1.165) is 81.1 Å². The molecule has 1 saturated carbocycles. The fourth-order valence-corrected chi connectivity index (χ4v) is 9.00. The quantitative estimate of drug-likeness (QED) is 0.388. The van der Waals surface area contributed by atoms with Gasteiger partial charge < -0.3 is 19.3 Å². The molecular formula is C36H48ClN3O5S. The summed E-state index contributed by atoms with van der Waals surface area (Å²) in [5.41, 5.74) is 2.96. The Kier molecular flexibility index (Phi) is 10.0. The van der Waals surface area contributed by atoms with Gasteiger partial charge in [-0.3, -0.25) is 4.79 Å². The molecule has 0 aromatic heterocycles. The van der Waals surface area contributed by atoms with Crippen molar-refractivity contribution in [1.29, 1.82) is 0 Å². The van der Waals surface area contributed by atoms with Crippen LogP contribution in [-0.2, 0) is 27.8 Å². The third-order valence-corrected chi connectivity index (χ3v) is 13.1. The zero-order valence-electron chi connectivity index (χ0n) is 27.3. The van der Waals surface area contributed by atoms with Gasteiger partial charge in [0.05, 0.1) is 10.9 Å². The highest BCUT2D eigenvalue weighted by Crippen LogP contribution is 2.47. The predicted octanol–water partition coefficient (Wildman–Crippen LogP) is 6.22. The summed E-state index contributed by atoms with van der Waals surface area (Å²) in [4.78, 5) is 18.3. The van der Waals surface area contributed by atoms with Crippen LogP contribution in [-0.4, -0.2) is 69.9 Å². The van der Waals surface area contributed by atoms with Gasteiger partial charge in [0.15, 0.2) is 0 Å². The zero-order valence-corrected chi connectivity index (χ0v) is 28.9. The normalized spacial score (nSPS) is 31.0. The Morgan fingerprint density at radius 2 is 1.87 bits per heavy atom. The Morgan fingerprint density at radius 3 is 2.59 bits per heavy atom. The number of ether oxygens (including phenoxy) is 2. The topological polar surface area (TPSA) is 88.2 Å². The maximum Gasteiger partial charge on any atom is 0.264 e. The standard InChI is InChI=1S/C36H48ClN3O5S/c1-25-8-6-16-36(44-3,24-39-17-7-18-39)32-14-11-29(32)22-40-19-5-4-9-27-20-31(37)13-10-30(27)23-45-34-15-12-28(21-33(34)40)35(41)38-46(42,43)26(25)2/h6,10,12-13,15-16,20-21,25-26,29,32H,4-5,7-9,11,14,17-19,22-24H2,1-3H3,(H,38,41)/b16-6+/t25-,26+,29-,32+,36-/m0/s1. The second-order valence-electron chi connectivity index (χ2n) is 13.8. The Balaban J connectivity index is 1.41. The van der Waals surface area contributed by atoms with Crippen molar-refractivity contribution >= 4 is 33.2 Å². The summed E-state index contributed by atoms with van der Waals surface area (Å²) in [6.45, 7) is 8.57. The average Bonchev–Trinajstić information content (AvgIpc) is 3.02. The van der Waals surface area contributed by atoms with Crippen molar-refractivity contribution in [3.63, 3.8) is 0 Å². The van der Waals surface area contributed by atoms with Crippen LogP contribution in [0.5, 0.6) is 5.75 Å². The lowest BCUT2D eigenvalue weighted by Gasteiger charge is -2.52. The summed E-state index contributed by atoms with van der Waals surface area (Å²) in [6.07, 6.45) is 11.2. The van der Waals surface area contributed by atoms with Crippen molar-refractivity contribution in [1.82, 2.24) is 9.62 Å². The molecule has 2 bridgehead atoms. The van der Waals surface area contributed by atoms with E-state index < -0.39 is 26.8 Å². The van der Waals surface area contributed by atoms with E-state index in [1.807, 2.05) is 44.4 Å². The number of sulfonamides is 1. The van der Waals surface area contributed by atoms with E-state index in [-0.39, 0.29) is 5.92 Å². The number of allylic oxidation sites excluding steroid dienone is 1. The van der Waals surface area contributed by atoms with E-state index in [1.54, 1.807) is 13.0 Å². The molecule has 1 amide bonds. The number of carbonyl (C=O) groups excluding carboxylic acids is 1. The third-order valence-electron chi connectivity index (χ3n) is 11.0. The fraction of sp³-hybridized carbons (Fsp3) is 0.583. The van der Waals surface area contributed by atoms with Gasteiger partial charge in [-0.05, 0) is 124 Å². The largest absolute Gasteiger partial charge is 0.487 e. The Labute approximate surface area is 279 Å². The van der Waals surface area contributed by atoms with Gasteiger partial charge in [0, 0.05) is 37.3 Å². The Hall–Kier alpha value is -2.59. The van der Waals surface area contributed by atoms with E-state index in [4.69, 9.17) is 21.1 Å². The minimum absolute atomic E-state index is 0.195. The third kappa shape index (κ3) is 6.98. The monoisotopic (exact) mass is 669 g/mol. The summed E-state index contributed by atoms with van der Waals surface area (Å²) >= 11 is 6.37. The lowest BCUT2D eigenvalue weighted by Crippen LogP contribution is -2.58. The first kappa shape index (κ1) is 33.3. The lowest BCUT2D eigenvalue weighted by molar-refractivity contribution is -0.0984. The van der Waals surface area contributed by atoms with Crippen LogP contribution in [0.4, 0.5) is 5.69 Å². The van der Waals surface area contributed by atoms with Gasteiger partial charge >= 0.3 is 0 Å². The van der Waals surface area contributed by atoms with Crippen LogP contribution in [0, 0.1) is 17.8 Å². The van der Waals surface area contributed by atoms with E-state index in [1.165, 1.54) is 12.0 Å². The molecule has 0 unspecified atom stereocenters. The molecule has 0 radical (unpaired) electrons. The van der Waals surface area contributed by atoms with Crippen LogP contribution in [0.3, 0.4) is 0 Å². The molecule has 250 valence electrons. The molecule has 3 heterocycles. The minimum atomic E-state index is -3.92.